The largest absolute Gasteiger partial charge is 0.159 e. The Morgan fingerprint density at radius 3 is 1.11 bits per heavy atom. The quantitative estimate of drug-likeness (QED) is 0.639. The van der Waals surface area contributed by atoms with Crippen molar-refractivity contribution in [3.8, 4) is 11.1 Å². The van der Waals surface area contributed by atoms with E-state index in [9.17, 15) is 0 Å². The highest BCUT2D eigenvalue weighted by atomic mass is 15.1. The zero-order chi connectivity index (χ0) is 12.5. The van der Waals surface area contributed by atoms with E-state index in [0.29, 0.717) is 0 Å². The number of aromatic nitrogens is 2. The lowest BCUT2D eigenvalue weighted by atomic mass is 10.1. The fraction of sp³-hybridized carbons (Fsp3) is 0. The number of rotatable bonds is 1. The Labute approximate surface area is 107 Å². The second-order valence-corrected chi connectivity index (χ2v) is 3.65. The minimum Gasteiger partial charge on any atom is -0.159 e. The van der Waals surface area contributed by atoms with Crippen molar-refractivity contribution in [3.05, 3.63) is 85.2 Å². The minimum absolute atomic E-state index is 1.28. The van der Waals surface area contributed by atoms with Gasteiger partial charge in [-0.3, -0.25) is 0 Å². The van der Waals surface area contributed by atoms with Gasteiger partial charge in [0.25, 0.3) is 0 Å². The van der Waals surface area contributed by atoms with E-state index in [1.54, 1.807) is 12.4 Å². The molecule has 0 N–H and O–H groups in total. The maximum atomic E-state index is 3.53. The van der Waals surface area contributed by atoms with Crippen molar-refractivity contribution in [1.82, 2.24) is 10.2 Å². The second-order valence-electron chi connectivity index (χ2n) is 3.65. The van der Waals surface area contributed by atoms with Gasteiger partial charge in [0.2, 0.25) is 0 Å². The zero-order valence-corrected chi connectivity index (χ0v) is 9.98. The van der Waals surface area contributed by atoms with Gasteiger partial charge in [0.1, 0.15) is 0 Å². The van der Waals surface area contributed by atoms with Gasteiger partial charge in [0.15, 0.2) is 0 Å². The number of hydrogen-bond donors (Lipinski definition) is 0. The second kappa shape index (κ2) is 6.97. The van der Waals surface area contributed by atoms with Crippen molar-refractivity contribution in [3.63, 3.8) is 0 Å². The van der Waals surface area contributed by atoms with Gasteiger partial charge in [-0.15, -0.1) is 0 Å². The first-order valence-corrected chi connectivity index (χ1v) is 5.79. The third kappa shape index (κ3) is 3.83. The van der Waals surface area contributed by atoms with Crippen LogP contribution in [0.4, 0.5) is 0 Å². The number of nitrogens with zero attached hydrogens (tertiary/aromatic N) is 2. The average Bonchev–Trinajstić information content (AvgIpc) is 2.51. The summed E-state index contributed by atoms with van der Waals surface area (Å²) in [5.74, 6) is 0. The molecule has 0 saturated heterocycles. The fourth-order valence-electron chi connectivity index (χ4n) is 1.51. The topological polar surface area (TPSA) is 25.8 Å². The molecule has 0 atom stereocenters. The highest BCUT2D eigenvalue weighted by molar-refractivity contribution is 5.62. The Morgan fingerprint density at radius 1 is 0.444 bits per heavy atom. The van der Waals surface area contributed by atoms with Crippen LogP contribution in [0.1, 0.15) is 0 Å². The molecule has 2 heteroatoms. The van der Waals surface area contributed by atoms with E-state index in [2.05, 4.69) is 58.7 Å². The summed E-state index contributed by atoms with van der Waals surface area (Å²) in [5.41, 5.74) is 2.55. The van der Waals surface area contributed by atoms with Crippen LogP contribution in [-0.4, -0.2) is 10.2 Å². The predicted octanol–water partition coefficient (Wildman–Crippen LogP) is 3.83. The summed E-state index contributed by atoms with van der Waals surface area (Å²) in [5, 5.41) is 7.07. The molecule has 0 saturated carbocycles. The molecule has 0 aliphatic rings. The van der Waals surface area contributed by atoms with Crippen molar-refractivity contribution in [2.45, 2.75) is 0 Å². The maximum Gasteiger partial charge on any atom is 0.0496 e. The predicted molar refractivity (Wildman–Crippen MR) is 73.9 cm³/mol. The van der Waals surface area contributed by atoms with Gasteiger partial charge in [-0.2, -0.15) is 10.2 Å². The molecular formula is C16H14N2. The highest BCUT2D eigenvalue weighted by Crippen LogP contribution is 2.17. The van der Waals surface area contributed by atoms with E-state index in [4.69, 9.17) is 0 Å². The van der Waals surface area contributed by atoms with E-state index in [0.717, 1.165) is 0 Å². The van der Waals surface area contributed by atoms with Gasteiger partial charge in [0, 0.05) is 12.4 Å². The zero-order valence-electron chi connectivity index (χ0n) is 9.98. The van der Waals surface area contributed by atoms with Crippen molar-refractivity contribution < 1.29 is 0 Å². The van der Waals surface area contributed by atoms with E-state index >= 15 is 0 Å². The first-order chi connectivity index (χ1) is 8.97. The molecule has 1 aromatic heterocycles. The SMILES string of the molecule is c1ccc(-c2ccccc2)cc1.c1ccnnc1. The summed E-state index contributed by atoms with van der Waals surface area (Å²) in [7, 11) is 0. The molecule has 2 nitrogen and oxygen atoms in total. The van der Waals surface area contributed by atoms with Gasteiger partial charge >= 0.3 is 0 Å². The molecule has 0 amide bonds. The average molecular weight is 234 g/mol. The Bertz CT molecular complexity index is 472. The van der Waals surface area contributed by atoms with Crippen LogP contribution < -0.4 is 0 Å². The molecule has 3 rings (SSSR count). The molecule has 2 aromatic carbocycles. The van der Waals surface area contributed by atoms with Crippen molar-refractivity contribution >= 4 is 0 Å². The van der Waals surface area contributed by atoms with E-state index < -0.39 is 0 Å². The van der Waals surface area contributed by atoms with Crippen LogP contribution in [0.3, 0.4) is 0 Å². The molecule has 0 spiro atoms. The third-order valence-electron chi connectivity index (χ3n) is 2.36. The van der Waals surface area contributed by atoms with E-state index in [-0.39, 0.29) is 0 Å². The number of benzene rings is 2. The van der Waals surface area contributed by atoms with Gasteiger partial charge in [-0.25, -0.2) is 0 Å². The lowest BCUT2D eigenvalue weighted by Crippen LogP contribution is -1.73. The fourth-order valence-corrected chi connectivity index (χ4v) is 1.51. The van der Waals surface area contributed by atoms with Crippen molar-refractivity contribution in [2.75, 3.05) is 0 Å². The summed E-state index contributed by atoms with van der Waals surface area (Å²) >= 11 is 0. The standard InChI is InChI=1S/C12H10.C4H4N2/c1-3-7-11(8-4-1)12-9-5-2-6-10-12;1-2-4-6-5-3-1/h1-10H;1-4H. The molecule has 0 aliphatic heterocycles. The first kappa shape index (κ1) is 12.0. The smallest absolute Gasteiger partial charge is 0.0496 e. The van der Waals surface area contributed by atoms with Crippen LogP contribution in [-0.2, 0) is 0 Å². The lowest BCUT2D eigenvalue weighted by molar-refractivity contribution is 1.03. The first-order valence-electron chi connectivity index (χ1n) is 5.79. The van der Waals surface area contributed by atoms with Crippen LogP contribution in [0.25, 0.3) is 11.1 Å². The Morgan fingerprint density at radius 2 is 0.833 bits per heavy atom. The molecule has 18 heavy (non-hydrogen) atoms. The Balaban J connectivity index is 0.000000169. The Kier molecular flexibility index (Phi) is 4.64. The lowest BCUT2D eigenvalue weighted by Gasteiger charge is -1.98. The molecule has 88 valence electrons. The van der Waals surface area contributed by atoms with Crippen LogP contribution in [0, 0.1) is 0 Å². The summed E-state index contributed by atoms with van der Waals surface area (Å²) in [6, 6.07) is 24.4. The van der Waals surface area contributed by atoms with Gasteiger partial charge in [-0.05, 0) is 23.3 Å². The van der Waals surface area contributed by atoms with Crippen LogP contribution in [0.5, 0.6) is 0 Å². The highest BCUT2D eigenvalue weighted by Gasteiger charge is 1.91. The monoisotopic (exact) mass is 234 g/mol. The molecule has 0 radical (unpaired) electrons. The molecule has 0 unspecified atom stereocenters. The third-order valence-corrected chi connectivity index (χ3v) is 2.36. The van der Waals surface area contributed by atoms with Crippen LogP contribution in [0.2, 0.25) is 0 Å². The minimum atomic E-state index is 1.28. The van der Waals surface area contributed by atoms with E-state index in [1.165, 1.54) is 11.1 Å². The van der Waals surface area contributed by atoms with Gasteiger partial charge in [-0.1, -0.05) is 60.7 Å². The maximum absolute atomic E-state index is 3.53. The van der Waals surface area contributed by atoms with Crippen molar-refractivity contribution in [1.29, 1.82) is 0 Å². The molecule has 1 heterocycles. The van der Waals surface area contributed by atoms with Gasteiger partial charge in [0.05, 0.1) is 0 Å². The number of hydrogen-bond acceptors (Lipinski definition) is 2. The van der Waals surface area contributed by atoms with Crippen LogP contribution >= 0.6 is 0 Å². The molecular weight excluding hydrogens is 220 g/mol. The van der Waals surface area contributed by atoms with Gasteiger partial charge < -0.3 is 0 Å². The normalized spacial score (nSPS) is 9.11. The summed E-state index contributed by atoms with van der Waals surface area (Å²) in [6.45, 7) is 0. The molecule has 0 fully saturated rings. The van der Waals surface area contributed by atoms with Crippen molar-refractivity contribution in [2.24, 2.45) is 0 Å². The summed E-state index contributed by atoms with van der Waals surface area (Å²) in [6.07, 6.45) is 3.28. The van der Waals surface area contributed by atoms with Crippen LogP contribution in [0.15, 0.2) is 85.2 Å². The Hall–Kier alpha value is -2.48. The summed E-state index contributed by atoms with van der Waals surface area (Å²) < 4.78 is 0. The molecule has 0 aliphatic carbocycles. The molecule has 3 aromatic rings. The molecule has 0 bridgehead atoms. The van der Waals surface area contributed by atoms with E-state index in [1.807, 2.05) is 24.3 Å². The summed E-state index contributed by atoms with van der Waals surface area (Å²) in [4.78, 5) is 0.